The average molecular weight is 284 g/mol. The highest BCUT2D eigenvalue weighted by Crippen LogP contribution is 2.17. The molecule has 5 nitrogen and oxygen atoms in total. The van der Waals surface area contributed by atoms with Crippen LogP contribution in [0, 0.1) is 6.92 Å². The summed E-state index contributed by atoms with van der Waals surface area (Å²) in [6.07, 6.45) is 0.336. The number of carbonyl (C=O) groups excluding carboxylic acids is 1. The van der Waals surface area contributed by atoms with Crippen LogP contribution in [0.15, 0.2) is 23.4 Å². The Balaban J connectivity index is 2.83. The van der Waals surface area contributed by atoms with Gasteiger partial charge in [0.15, 0.2) is 0 Å². The first-order valence-electron chi connectivity index (χ1n) is 6.01. The molecule has 0 bridgehead atoms. The predicted molar refractivity (Wildman–Crippen MR) is 75.8 cm³/mol. The maximum atomic E-state index is 12.3. The molecule has 0 aliphatic rings. The molecule has 0 spiro atoms. The Labute approximate surface area is 117 Å². The Hall–Kier alpha value is -1.75. The maximum absolute atomic E-state index is 12.3. The van der Waals surface area contributed by atoms with E-state index in [1.807, 2.05) is 13.8 Å². The zero-order chi connectivity index (χ0) is 14.4. The standard InChI is InChI=1S/C13H18ClN3O2/c1-3-17(7-6-12(15)16-19)13(18)11-5-4-10(14)8-9(11)2/h4-5,8,19H,3,6-7H2,1-2H3,(H2,15,16). The second-order valence-electron chi connectivity index (χ2n) is 4.19. The number of oxime groups is 1. The van der Waals surface area contributed by atoms with E-state index >= 15 is 0 Å². The molecule has 0 heterocycles. The lowest BCUT2D eigenvalue weighted by Gasteiger charge is -2.21. The number of nitrogens with zero attached hydrogens (tertiary/aromatic N) is 2. The van der Waals surface area contributed by atoms with Gasteiger partial charge in [0.05, 0.1) is 0 Å². The number of hydrogen-bond acceptors (Lipinski definition) is 3. The van der Waals surface area contributed by atoms with Crippen LogP contribution in [0.1, 0.15) is 29.3 Å². The van der Waals surface area contributed by atoms with Crippen molar-refractivity contribution in [1.82, 2.24) is 4.90 Å². The van der Waals surface area contributed by atoms with Gasteiger partial charge in [-0.05, 0) is 37.6 Å². The number of nitrogens with two attached hydrogens (primary N) is 1. The fourth-order valence-corrected chi connectivity index (χ4v) is 1.97. The topological polar surface area (TPSA) is 78.9 Å². The van der Waals surface area contributed by atoms with Crippen LogP contribution in [0.3, 0.4) is 0 Å². The molecule has 19 heavy (non-hydrogen) atoms. The van der Waals surface area contributed by atoms with Crippen LogP contribution in [0.2, 0.25) is 5.02 Å². The van der Waals surface area contributed by atoms with E-state index in [1.165, 1.54) is 0 Å². The normalized spacial score (nSPS) is 11.4. The smallest absolute Gasteiger partial charge is 0.254 e. The van der Waals surface area contributed by atoms with Gasteiger partial charge in [0.25, 0.3) is 5.91 Å². The van der Waals surface area contributed by atoms with Gasteiger partial charge < -0.3 is 15.8 Å². The fraction of sp³-hybridized carbons (Fsp3) is 0.385. The third-order valence-corrected chi connectivity index (χ3v) is 3.09. The number of halogens is 1. The molecule has 0 aromatic heterocycles. The summed E-state index contributed by atoms with van der Waals surface area (Å²) in [7, 11) is 0. The van der Waals surface area contributed by atoms with Gasteiger partial charge in [-0.25, -0.2) is 0 Å². The van der Waals surface area contributed by atoms with E-state index in [2.05, 4.69) is 5.16 Å². The van der Waals surface area contributed by atoms with Crippen molar-refractivity contribution in [2.75, 3.05) is 13.1 Å². The van der Waals surface area contributed by atoms with Gasteiger partial charge in [0.2, 0.25) is 0 Å². The summed E-state index contributed by atoms with van der Waals surface area (Å²) in [5.41, 5.74) is 6.86. The molecule has 0 radical (unpaired) electrons. The number of rotatable bonds is 5. The van der Waals surface area contributed by atoms with Crippen molar-refractivity contribution in [3.63, 3.8) is 0 Å². The molecule has 0 saturated heterocycles. The quantitative estimate of drug-likeness (QED) is 0.376. The summed E-state index contributed by atoms with van der Waals surface area (Å²) < 4.78 is 0. The molecule has 1 amide bonds. The minimum atomic E-state index is -0.0811. The predicted octanol–water partition coefficient (Wildman–Crippen LogP) is 2.25. The highest BCUT2D eigenvalue weighted by molar-refractivity contribution is 6.30. The second-order valence-corrected chi connectivity index (χ2v) is 4.62. The van der Waals surface area contributed by atoms with Crippen LogP contribution in [0.5, 0.6) is 0 Å². The van der Waals surface area contributed by atoms with E-state index in [9.17, 15) is 4.79 Å². The number of aryl methyl sites for hydroxylation is 1. The third kappa shape index (κ3) is 4.13. The third-order valence-electron chi connectivity index (χ3n) is 2.85. The number of amidine groups is 1. The Bertz CT molecular complexity index is 489. The Morgan fingerprint density at radius 3 is 2.74 bits per heavy atom. The first-order valence-corrected chi connectivity index (χ1v) is 6.39. The largest absolute Gasteiger partial charge is 0.409 e. The number of hydrogen-bond donors (Lipinski definition) is 2. The van der Waals surface area contributed by atoms with Crippen molar-refractivity contribution in [3.8, 4) is 0 Å². The molecule has 1 rings (SSSR count). The summed E-state index contributed by atoms with van der Waals surface area (Å²) >= 11 is 5.87. The van der Waals surface area contributed by atoms with Crippen LogP contribution in [0.4, 0.5) is 0 Å². The van der Waals surface area contributed by atoms with Crippen molar-refractivity contribution >= 4 is 23.3 Å². The summed E-state index contributed by atoms with van der Waals surface area (Å²) in [5, 5.41) is 12.0. The second kappa shape index (κ2) is 6.99. The van der Waals surface area contributed by atoms with Gasteiger partial charge >= 0.3 is 0 Å². The van der Waals surface area contributed by atoms with E-state index in [-0.39, 0.29) is 11.7 Å². The highest BCUT2D eigenvalue weighted by Gasteiger charge is 2.16. The number of carbonyl (C=O) groups is 1. The van der Waals surface area contributed by atoms with E-state index < -0.39 is 0 Å². The lowest BCUT2D eigenvalue weighted by Crippen LogP contribution is -2.34. The van der Waals surface area contributed by atoms with E-state index in [0.29, 0.717) is 30.1 Å². The Morgan fingerprint density at radius 1 is 1.53 bits per heavy atom. The van der Waals surface area contributed by atoms with E-state index in [1.54, 1.807) is 23.1 Å². The molecule has 0 atom stereocenters. The summed E-state index contributed by atoms with van der Waals surface area (Å²) in [6.45, 7) is 4.69. The van der Waals surface area contributed by atoms with E-state index in [0.717, 1.165) is 5.56 Å². The molecule has 104 valence electrons. The van der Waals surface area contributed by atoms with Crippen LogP contribution in [0.25, 0.3) is 0 Å². The lowest BCUT2D eigenvalue weighted by molar-refractivity contribution is 0.0767. The van der Waals surface area contributed by atoms with Gasteiger partial charge in [-0.15, -0.1) is 0 Å². The molecule has 0 aliphatic heterocycles. The SMILES string of the molecule is CCN(CC/C(N)=N/O)C(=O)c1ccc(Cl)cc1C. The van der Waals surface area contributed by atoms with E-state index in [4.69, 9.17) is 22.5 Å². The van der Waals surface area contributed by atoms with Crippen molar-refractivity contribution < 1.29 is 10.0 Å². The summed E-state index contributed by atoms with van der Waals surface area (Å²) in [4.78, 5) is 14.0. The van der Waals surface area contributed by atoms with Gasteiger partial charge in [-0.1, -0.05) is 16.8 Å². The molecule has 1 aromatic carbocycles. The Kier molecular flexibility index (Phi) is 5.63. The van der Waals surface area contributed by atoms with Crippen molar-refractivity contribution in [2.24, 2.45) is 10.9 Å². The monoisotopic (exact) mass is 283 g/mol. The molecule has 6 heteroatoms. The molecule has 3 N–H and O–H groups in total. The minimum Gasteiger partial charge on any atom is -0.409 e. The van der Waals surface area contributed by atoms with Crippen LogP contribution >= 0.6 is 11.6 Å². The highest BCUT2D eigenvalue weighted by atomic mass is 35.5. The number of benzene rings is 1. The zero-order valence-corrected chi connectivity index (χ0v) is 11.8. The lowest BCUT2D eigenvalue weighted by atomic mass is 10.1. The molecule has 0 fully saturated rings. The van der Waals surface area contributed by atoms with Gasteiger partial charge in [0.1, 0.15) is 5.84 Å². The molecule has 1 aromatic rings. The van der Waals surface area contributed by atoms with Crippen molar-refractivity contribution in [1.29, 1.82) is 0 Å². The number of amides is 1. The fourth-order valence-electron chi connectivity index (χ4n) is 1.74. The van der Waals surface area contributed by atoms with Crippen LogP contribution < -0.4 is 5.73 Å². The van der Waals surface area contributed by atoms with Gasteiger partial charge in [-0.3, -0.25) is 4.79 Å². The van der Waals surface area contributed by atoms with Crippen molar-refractivity contribution in [2.45, 2.75) is 20.3 Å². The first kappa shape index (κ1) is 15.3. The zero-order valence-electron chi connectivity index (χ0n) is 11.1. The molecular weight excluding hydrogens is 266 g/mol. The summed E-state index contributed by atoms with van der Waals surface area (Å²) in [5.74, 6) is 0.0292. The average Bonchev–Trinajstić information content (AvgIpc) is 2.38. The maximum Gasteiger partial charge on any atom is 0.254 e. The molecular formula is C13H18ClN3O2. The Morgan fingerprint density at radius 2 is 2.21 bits per heavy atom. The minimum absolute atomic E-state index is 0.0811. The molecule has 0 saturated carbocycles. The first-order chi connectivity index (χ1) is 8.99. The molecule has 0 aliphatic carbocycles. The van der Waals surface area contributed by atoms with Crippen LogP contribution in [-0.4, -0.2) is 34.9 Å². The van der Waals surface area contributed by atoms with Gasteiger partial charge in [-0.2, -0.15) is 0 Å². The van der Waals surface area contributed by atoms with Crippen molar-refractivity contribution in [3.05, 3.63) is 34.3 Å². The molecule has 0 unspecified atom stereocenters. The van der Waals surface area contributed by atoms with Crippen LogP contribution in [-0.2, 0) is 0 Å². The summed E-state index contributed by atoms with van der Waals surface area (Å²) in [6, 6.07) is 5.16. The van der Waals surface area contributed by atoms with Gasteiger partial charge in [0, 0.05) is 30.1 Å².